The summed E-state index contributed by atoms with van der Waals surface area (Å²) in [4.78, 5) is 12.4. The fourth-order valence-electron chi connectivity index (χ4n) is 2.93. The van der Waals surface area contributed by atoms with Crippen LogP contribution in [0.5, 0.6) is 0 Å². The van der Waals surface area contributed by atoms with Crippen LogP contribution in [0.3, 0.4) is 0 Å². The zero-order valence-corrected chi connectivity index (χ0v) is 18.1. The summed E-state index contributed by atoms with van der Waals surface area (Å²) in [6.45, 7) is 0. The summed E-state index contributed by atoms with van der Waals surface area (Å²) >= 11 is 6.98. The average Bonchev–Trinajstić information content (AvgIpc) is 2.73. The molecule has 0 saturated carbocycles. The molecule has 154 valence electrons. The second-order valence-electron chi connectivity index (χ2n) is 6.62. The minimum absolute atomic E-state index is 0. The molecule has 0 unspecified atom stereocenters. The molecule has 0 aliphatic carbocycles. The molecule has 0 bridgehead atoms. The summed E-state index contributed by atoms with van der Waals surface area (Å²) in [5, 5.41) is 11.5. The third-order valence-corrected chi connectivity index (χ3v) is 4.60. The highest BCUT2D eigenvalue weighted by molar-refractivity contribution is 6.36. The monoisotopic (exact) mass is 441 g/mol. The first kappa shape index (κ1) is 23.1. The number of benzene rings is 3. The van der Waals surface area contributed by atoms with Gasteiger partial charge in [-0.2, -0.15) is 4.90 Å². The minimum Gasteiger partial charge on any atom is -1.00 e. The lowest BCUT2D eigenvalue weighted by Crippen LogP contribution is -3.00. The van der Waals surface area contributed by atoms with Crippen LogP contribution in [-0.4, -0.2) is 29.9 Å². The molecule has 0 aromatic heterocycles. The van der Waals surface area contributed by atoms with Crippen molar-refractivity contribution < 1.29 is 21.9 Å². The van der Waals surface area contributed by atoms with Gasteiger partial charge in [0.15, 0.2) is 0 Å². The number of halogens is 2. The van der Waals surface area contributed by atoms with E-state index in [2.05, 4.69) is 0 Å². The Bertz CT molecular complexity index is 1010. The third kappa shape index (κ3) is 5.47. The zero-order chi connectivity index (χ0) is 20.8. The molecule has 0 amide bonds. The van der Waals surface area contributed by atoms with Crippen LogP contribution in [0, 0.1) is 10.1 Å². The maximum atomic E-state index is 11.0. The Morgan fingerprint density at radius 3 is 1.73 bits per heavy atom. The Labute approximate surface area is 187 Å². The molecule has 3 rings (SSSR count). The molecule has 0 aliphatic rings. The Kier molecular flexibility index (Phi) is 8.16. The molecule has 3 aromatic rings. The van der Waals surface area contributed by atoms with Gasteiger partial charge in [0.25, 0.3) is 5.69 Å². The zero-order valence-electron chi connectivity index (χ0n) is 16.6. The van der Waals surface area contributed by atoms with E-state index >= 15 is 0 Å². The third-order valence-electron chi connectivity index (χ3n) is 4.23. The molecule has 0 fully saturated rings. The number of nitro benzene ring substituents is 1. The van der Waals surface area contributed by atoms with E-state index in [4.69, 9.17) is 11.6 Å². The Hall–Kier alpha value is -3.15. The van der Waals surface area contributed by atoms with Gasteiger partial charge < -0.3 is 12.4 Å². The first-order chi connectivity index (χ1) is 14.0. The fourth-order valence-corrected chi connectivity index (χ4v) is 3.29. The quantitative estimate of drug-likeness (QED) is 0.147. The first-order valence-corrected chi connectivity index (χ1v) is 9.41. The number of rotatable bonds is 6. The van der Waals surface area contributed by atoms with E-state index in [1.54, 1.807) is 12.1 Å². The number of hydrogen-bond donors (Lipinski definition) is 0. The van der Waals surface area contributed by atoms with E-state index in [-0.39, 0.29) is 18.1 Å². The van der Waals surface area contributed by atoms with Crippen molar-refractivity contribution in [3.05, 3.63) is 111 Å². The summed E-state index contributed by atoms with van der Waals surface area (Å²) in [5.41, 5.74) is 3.57. The van der Waals surface area contributed by atoms with Gasteiger partial charge in [0.05, 0.1) is 19.0 Å². The summed E-state index contributed by atoms with van der Waals surface area (Å²) in [5.74, 6) is 0. The van der Waals surface area contributed by atoms with Crippen molar-refractivity contribution in [3.63, 3.8) is 0 Å². The lowest BCUT2D eigenvalue weighted by molar-refractivity contribution is -0.460. The Morgan fingerprint density at radius 2 is 1.33 bits per heavy atom. The van der Waals surface area contributed by atoms with Crippen LogP contribution in [-0.2, 0) is 0 Å². The van der Waals surface area contributed by atoms with Gasteiger partial charge in [-0.05, 0) is 34.9 Å². The molecular formula is C23H21Cl2N3O2. The molecule has 7 heteroatoms. The Morgan fingerprint density at radius 1 is 0.867 bits per heavy atom. The van der Waals surface area contributed by atoms with E-state index < -0.39 is 4.92 Å². The van der Waals surface area contributed by atoms with Gasteiger partial charge in [-0.25, -0.2) is 0 Å². The van der Waals surface area contributed by atoms with Gasteiger partial charge in [0, 0.05) is 17.7 Å². The molecule has 0 spiro atoms. The summed E-state index contributed by atoms with van der Waals surface area (Å²) in [6.07, 6.45) is 1.84. The number of nitrogens with zero attached hydrogens (tertiary/aromatic N) is 3. The van der Waals surface area contributed by atoms with Crippen molar-refractivity contribution in [2.75, 3.05) is 19.0 Å². The molecule has 30 heavy (non-hydrogen) atoms. The first-order valence-electron chi connectivity index (χ1n) is 9.03. The highest BCUT2D eigenvalue weighted by atomic mass is 35.5. The van der Waals surface area contributed by atoms with Crippen molar-refractivity contribution in [3.8, 4) is 0 Å². The molecule has 0 heterocycles. The van der Waals surface area contributed by atoms with Gasteiger partial charge >= 0.3 is 0 Å². The standard InChI is InChI=1S/C23H21ClN3O2.ClH/c1-25(2)17-26(20-13-15-21(16-14-20)27(28)29)23(24)22(18-9-5-3-6-10-18)19-11-7-4-8-12-19;/h3-17H,1-2H3;1H/q+1;/p-1. The number of non-ortho nitro benzene ring substituents is 1. The van der Waals surface area contributed by atoms with Gasteiger partial charge in [-0.1, -0.05) is 60.7 Å². The molecule has 0 saturated heterocycles. The van der Waals surface area contributed by atoms with Crippen LogP contribution in [0.4, 0.5) is 11.4 Å². The SMILES string of the molecule is C[N+](C)=CN(C(Cl)=C(c1ccccc1)c1ccccc1)c1ccc([N+](=O)[O-])cc1.[Cl-]. The van der Waals surface area contributed by atoms with E-state index in [1.165, 1.54) is 12.1 Å². The van der Waals surface area contributed by atoms with Crippen LogP contribution < -0.4 is 17.3 Å². The molecule has 5 nitrogen and oxygen atoms in total. The minimum atomic E-state index is -0.416. The van der Waals surface area contributed by atoms with Gasteiger partial charge in [-0.3, -0.25) is 14.7 Å². The number of anilines is 1. The van der Waals surface area contributed by atoms with Crippen LogP contribution in [0.1, 0.15) is 11.1 Å². The molecule has 0 aliphatic heterocycles. The lowest BCUT2D eigenvalue weighted by Gasteiger charge is -2.17. The van der Waals surface area contributed by atoms with Crippen LogP contribution in [0.2, 0.25) is 0 Å². The molecule has 0 radical (unpaired) electrons. The summed E-state index contributed by atoms with van der Waals surface area (Å²) in [6, 6.07) is 26.1. The highest BCUT2D eigenvalue weighted by Crippen LogP contribution is 2.33. The van der Waals surface area contributed by atoms with Gasteiger partial charge in [0.2, 0.25) is 11.5 Å². The molecular weight excluding hydrogens is 421 g/mol. The van der Waals surface area contributed by atoms with Crippen molar-refractivity contribution in [2.24, 2.45) is 0 Å². The largest absolute Gasteiger partial charge is 1.00 e. The maximum Gasteiger partial charge on any atom is 0.269 e. The number of nitro groups is 1. The van der Waals surface area contributed by atoms with Crippen LogP contribution >= 0.6 is 11.6 Å². The summed E-state index contributed by atoms with van der Waals surface area (Å²) < 4.78 is 1.87. The van der Waals surface area contributed by atoms with Crippen LogP contribution in [0.15, 0.2) is 90.1 Å². The number of hydrogen-bond acceptors (Lipinski definition) is 2. The maximum absolute atomic E-state index is 11.0. The lowest BCUT2D eigenvalue weighted by atomic mass is 9.98. The summed E-state index contributed by atoms with van der Waals surface area (Å²) in [7, 11) is 3.79. The highest BCUT2D eigenvalue weighted by Gasteiger charge is 2.23. The van der Waals surface area contributed by atoms with Crippen molar-refractivity contribution in [1.29, 1.82) is 0 Å². The Balaban J connectivity index is 0.00000320. The predicted molar refractivity (Wildman–Crippen MR) is 119 cm³/mol. The second kappa shape index (κ2) is 10.6. The average molecular weight is 442 g/mol. The smallest absolute Gasteiger partial charge is 0.269 e. The van der Waals surface area contributed by atoms with Crippen molar-refractivity contribution in [2.45, 2.75) is 0 Å². The molecule has 0 atom stereocenters. The van der Waals surface area contributed by atoms with Gasteiger partial charge in [-0.15, -0.1) is 0 Å². The van der Waals surface area contributed by atoms with E-state index in [9.17, 15) is 10.1 Å². The van der Waals surface area contributed by atoms with Crippen molar-refractivity contribution in [1.82, 2.24) is 0 Å². The van der Waals surface area contributed by atoms with Gasteiger partial charge in [0.1, 0.15) is 5.69 Å². The van der Waals surface area contributed by atoms with Crippen LogP contribution in [0.25, 0.3) is 5.57 Å². The van der Waals surface area contributed by atoms with E-state index in [0.29, 0.717) is 5.16 Å². The van der Waals surface area contributed by atoms with Crippen molar-refractivity contribution >= 4 is 34.9 Å². The van der Waals surface area contributed by atoms with E-state index in [1.807, 2.05) is 90.6 Å². The predicted octanol–water partition coefficient (Wildman–Crippen LogP) is 2.36. The molecule has 0 N–H and O–H groups in total. The topological polar surface area (TPSA) is 49.4 Å². The fraction of sp³-hybridized carbons (Fsp3) is 0.0870. The molecule has 3 aromatic carbocycles. The van der Waals surface area contributed by atoms with E-state index in [0.717, 1.165) is 22.4 Å². The normalized spacial score (nSPS) is 9.83. The second-order valence-corrected chi connectivity index (χ2v) is 6.98.